The first-order valence-corrected chi connectivity index (χ1v) is 12.3. The van der Waals surface area contributed by atoms with Crippen molar-refractivity contribution in [3.63, 3.8) is 0 Å². The third-order valence-corrected chi connectivity index (χ3v) is 7.34. The fourth-order valence-electron chi connectivity index (χ4n) is 4.55. The van der Waals surface area contributed by atoms with Crippen molar-refractivity contribution in [3.05, 3.63) is 34.7 Å². The summed E-state index contributed by atoms with van der Waals surface area (Å²) in [5.41, 5.74) is 5.23. The number of hydrogen-bond acceptors (Lipinski definition) is 7. The summed E-state index contributed by atoms with van der Waals surface area (Å²) < 4.78 is 44.7. The van der Waals surface area contributed by atoms with Crippen molar-refractivity contribution < 1.29 is 17.9 Å². The number of rotatable bonds is 7. The van der Waals surface area contributed by atoms with Gasteiger partial charge < -0.3 is 10.1 Å². The van der Waals surface area contributed by atoms with Crippen LogP contribution in [0.5, 0.6) is 5.75 Å². The fraction of sp³-hybridized carbons (Fsp3) is 0.478. The summed E-state index contributed by atoms with van der Waals surface area (Å²) in [6, 6.07) is 1.94. The normalized spacial score (nSPS) is 16.3. The van der Waals surface area contributed by atoms with Gasteiger partial charge in [0.15, 0.2) is 11.4 Å². The van der Waals surface area contributed by atoms with Gasteiger partial charge in [-0.15, -0.1) is 11.3 Å². The van der Waals surface area contributed by atoms with Crippen LogP contribution in [0.2, 0.25) is 0 Å². The molecule has 1 atom stereocenters. The Morgan fingerprint density at radius 2 is 2.17 bits per heavy atom. The van der Waals surface area contributed by atoms with Crippen LogP contribution in [0.4, 0.5) is 13.2 Å². The van der Waals surface area contributed by atoms with E-state index in [1.165, 1.54) is 6.33 Å². The smallest absolute Gasteiger partial charge is 0.390 e. The molecule has 186 valence electrons. The van der Waals surface area contributed by atoms with Gasteiger partial charge in [-0.1, -0.05) is 13.8 Å². The number of hydrogen-bond donors (Lipinski definition) is 2. The molecule has 0 bridgehead atoms. The van der Waals surface area contributed by atoms with Crippen LogP contribution in [0, 0.1) is 0 Å². The van der Waals surface area contributed by atoms with E-state index in [1.54, 1.807) is 23.0 Å². The molecule has 0 saturated carbocycles. The average Bonchev–Trinajstić information content (AvgIpc) is 3.53. The van der Waals surface area contributed by atoms with E-state index < -0.39 is 12.6 Å². The van der Waals surface area contributed by atoms with E-state index in [2.05, 4.69) is 39.4 Å². The molecule has 8 nitrogen and oxygen atoms in total. The Morgan fingerprint density at radius 3 is 2.91 bits per heavy atom. The number of aromatic nitrogens is 6. The molecule has 0 amide bonds. The van der Waals surface area contributed by atoms with E-state index in [1.807, 2.05) is 12.3 Å². The van der Waals surface area contributed by atoms with Crippen LogP contribution < -0.4 is 10.1 Å². The maximum atomic E-state index is 12.5. The molecular formula is C23H26F3N7OS. The van der Waals surface area contributed by atoms with Gasteiger partial charge in [0.05, 0.1) is 24.9 Å². The number of nitrogens with zero attached hydrogens (tertiary/aromatic N) is 5. The van der Waals surface area contributed by atoms with Gasteiger partial charge in [0.25, 0.3) is 0 Å². The molecule has 5 rings (SSSR count). The monoisotopic (exact) mass is 505 g/mol. The number of aryl methyl sites for hydroxylation is 1. The maximum absolute atomic E-state index is 12.5. The van der Waals surface area contributed by atoms with Crippen LogP contribution in [0.25, 0.3) is 27.6 Å². The Morgan fingerprint density at radius 1 is 1.34 bits per heavy atom. The zero-order chi connectivity index (χ0) is 24.7. The zero-order valence-corrected chi connectivity index (χ0v) is 20.4. The van der Waals surface area contributed by atoms with E-state index in [0.29, 0.717) is 17.8 Å². The van der Waals surface area contributed by atoms with Gasteiger partial charge in [-0.05, 0) is 31.2 Å². The van der Waals surface area contributed by atoms with Crippen LogP contribution in [0.3, 0.4) is 0 Å². The minimum atomic E-state index is -4.14. The summed E-state index contributed by atoms with van der Waals surface area (Å²) in [7, 11) is 1.60. The number of halogens is 3. The van der Waals surface area contributed by atoms with E-state index in [0.717, 1.165) is 50.9 Å². The van der Waals surface area contributed by atoms with Gasteiger partial charge in [0.2, 0.25) is 0 Å². The summed E-state index contributed by atoms with van der Waals surface area (Å²) in [6.07, 6.45) is 0.603. The highest BCUT2D eigenvalue weighted by atomic mass is 32.1. The van der Waals surface area contributed by atoms with Gasteiger partial charge in [-0.3, -0.25) is 5.10 Å². The number of ether oxygens (including phenoxy) is 1. The number of alkyl halides is 3. The molecule has 4 heterocycles. The predicted molar refractivity (Wildman–Crippen MR) is 127 cm³/mol. The van der Waals surface area contributed by atoms with Crippen molar-refractivity contribution >= 4 is 17.0 Å². The zero-order valence-electron chi connectivity index (χ0n) is 19.6. The van der Waals surface area contributed by atoms with Crippen molar-refractivity contribution in [1.82, 2.24) is 35.1 Å². The lowest BCUT2D eigenvalue weighted by Gasteiger charge is -2.22. The number of nitrogens with one attached hydrogen (secondary N) is 2. The van der Waals surface area contributed by atoms with Crippen LogP contribution in [0.1, 0.15) is 48.7 Å². The van der Waals surface area contributed by atoms with Crippen LogP contribution >= 0.6 is 11.3 Å². The molecule has 0 spiro atoms. The Hall–Kier alpha value is -2.99. The van der Waals surface area contributed by atoms with Crippen molar-refractivity contribution in [2.24, 2.45) is 0 Å². The van der Waals surface area contributed by atoms with Gasteiger partial charge in [-0.25, -0.2) is 14.5 Å². The van der Waals surface area contributed by atoms with Crippen molar-refractivity contribution in [2.75, 3.05) is 13.7 Å². The van der Waals surface area contributed by atoms with E-state index in [-0.39, 0.29) is 18.5 Å². The molecule has 4 aromatic heterocycles. The van der Waals surface area contributed by atoms with E-state index >= 15 is 0 Å². The van der Waals surface area contributed by atoms with Crippen LogP contribution in [0.15, 0.2) is 18.6 Å². The summed E-state index contributed by atoms with van der Waals surface area (Å²) in [5, 5.41) is 16.0. The Kier molecular flexibility index (Phi) is 6.26. The van der Waals surface area contributed by atoms with Gasteiger partial charge in [0, 0.05) is 34.8 Å². The summed E-state index contributed by atoms with van der Waals surface area (Å²) in [5.74, 6) is 0.772. The number of fused-ring (bicyclic) bond motifs is 2. The number of aromatic amines is 1. The lowest BCUT2D eigenvalue weighted by Crippen LogP contribution is -2.36. The molecule has 1 aliphatic carbocycles. The molecule has 0 aliphatic heterocycles. The number of H-pyrrole nitrogens is 1. The van der Waals surface area contributed by atoms with Crippen LogP contribution in [-0.2, 0) is 12.8 Å². The van der Waals surface area contributed by atoms with Gasteiger partial charge in [0.1, 0.15) is 17.0 Å². The predicted octanol–water partition coefficient (Wildman–Crippen LogP) is 4.77. The molecule has 0 radical (unpaired) electrons. The van der Waals surface area contributed by atoms with Crippen molar-refractivity contribution in [1.29, 1.82) is 0 Å². The first-order chi connectivity index (χ1) is 16.7. The second-order valence-corrected chi connectivity index (χ2v) is 10.1. The fourth-order valence-corrected chi connectivity index (χ4v) is 5.74. The van der Waals surface area contributed by atoms with E-state index in [9.17, 15) is 13.2 Å². The molecule has 35 heavy (non-hydrogen) atoms. The highest BCUT2D eigenvalue weighted by molar-refractivity contribution is 7.15. The SMILES string of the molecule is COc1cc(-c2[nH]nc(-c3nc4c(s3)CC(NCCC(F)(F)F)CC4)c2C(C)C)cn2ncnc12. The van der Waals surface area contributed by atoms with Gasteiger partial charge >= 0.3 is 6.18 Å². The van der Waals surface area contributed by atoms with Crippen molar-refractivity contribution in [3.8, 4) is 27.7 Å². The lowest BCUT2D eigenvalue weighted by atomic mass is 9.96. The largest absolute Gasteiger partial charge is 0.493 e. The third kappa shape index (κ3) is 4.76. The second-order valence-electron chi connectivity index (χ2n) is 8.99. The molecule has 12 heteroatoms. The minimum Gasteiger partial charge on any atom is -0.493 e. The molecule has 0 fully saturated rings. The maximum Gasteiger partial charge on any atom is 0.390 e. The molecular weight excluding hydrogens is 479 g/mol. The first kappa shape index (κ1) is 23.7. The standard InChI is InChI=1S/C23H26F3N7OS/c1-12(2)18-19(13-8-16(34-3)21-28-11-29-33(21)10-13)31-32-20(18)22-30-15-5-4-14(9-17(15)35-22)27-7-6-23(24,25)26/h8,10-12,14,27H,4-7,9H2,1-3H3,(H,31,32). The Bertz CT molecular complexity index is 1340. The molecule has 1 unspecified atom stereocenters. The minimum absolute atomic E-state index is 0.0272. The Balaban J connectivity index is 1.44. The van der Waals surface area contributed by atoms with Gasteiger partial charge in [-0.2, -0.15) is 23.4 Å². The molecule has 0 aromatic carbocycles. The molecule has 2 N–H and O–H groups in total. The number of thiazole rings is 1. The summed E-state index contributed by atoms with van der Waals surface area (Å²) in [4.78, 5) is 10.2. The average molecular weight is 506 g/mol. The summed E-state index contributed by atoms with van der Waals surface area (Å²) >= 11 is 1.57. The summed E-state index contributed by atoms with van der Waals surface area (Å²) in [6.45, 7) is 4.16. The first-order valence-electron chi connectivity index (χ1n) is 11.5. The third-order valence-electron chi connectivity index (χ3n) is 6.22. The quantitative estimate of drug-likeness (QED) is 0.376. The number of pyridine rings is 1. The topological polar surface area (TPSA) is 93.0 Å². The van der Waals surface area contributed by atoms with Crippen molar-refractivity contribution in [2.45, 2.75) is 57.7 Å². The lowest BCUT2D eigenvalue weighted by molar-refractivity contribution is -0.133. The number of methoxy groups -OCH3 is 1. The van der Waals surface area contributed by atoms with E-state index in [4.69, 9.17) is 9.72 Å². The van der Waals surface area contributed by atoms with Crippen LogP contribution in [-0.4, -0.2) is 55.7 Å². The highest BCUT2D eigenvalue weighted by Gasteiger charge is 2.29. The Labute approximate surface area is 203 Å². The molecule has 0 saturated heterocycles. The molecule has 1 aliphatic rings. The highest BCUT2D eigenvalue weighted by Crippen LogP contribution is 2.40. The molecule has 4 aromatic rings. The second kappa shape index (κ2) is 9.23.